The van der Waals surface area contributed by atoms with Crippen LogP contribution in [0.4, 0.5) is 4.39 Å². The van der Waals surface area contributed by atoms with E-state index in [4.69, 9.17) is 0 Å². The topological polar surface area (TPSA) is 61.4 Å². The molecule has 134 valence electrons. The summed E-state index contributed by atoms with van der Waals surface area (Å²) in [5, 5.41) is 16.1. The highest BCUT2D eigenvalue weighted by atomic mass is 19.1. The monoisotopic (exact) mass is 344 g/mol. The van der Waals surface area contributed by atoms with Crippen molar-refractivity contribution in [2.24, 2.45) is 0 Å². The Labute approximate surface area is 148 Å². The molecule has 0 aliphatic rings. The van der Waals surface area contributed by atoms with E-state index in [2.05, 4.69) is 10.6 Å². The molecule has 4 nitrogen and oxygen atoms in total. The lowest BCUT2D eigenvalue weighted by Crippen LogP contribution is -2.25. The van der Waals surface area contributed by atoms with Crippen LogP contribution in [0.25, 0.3) is 0 Å². The van der Waals surface area contributed by atoms with Crippen molar-refractivity contribution in [3.05, 3.63) is 71.0 Å². The molecule has 0 saturated heterocycles. The summed E-state index contributed by atoms with van der Waals surface area (Å²) in [6.45, 7) is 4.40. The van der Waals surface area contributed by atoms with Crippen LogP contribution in [0, 0.1) is 5.82 Å². The Morgan fingerprint density at radius 1 is 1.16 bits per heavy atom. The number of aliphatic hydroxyl groups excluding tert-OH is 1. The third kappa shape index (κ3) is 5.96. The minimum absolute atomic E-state index is 0.0251. The molecule has 0 saturated carbocycles. The summed E-state index contributed by atoms with van der Waals surface area (Å²) in [6, 6.07) is 14.4. The summed E-state index contributed by atoms with van der Waals surface area (Å²) in [7, 11) is 0. The summed E-state index contributed by atoms with van der Waals surface area (Å²) in [6.07, 6.45) is -0.103. The first kappa shape index (κ1) is 19.1. The number of carbonyl (C=O) groups excluding carboxylic acids is 1. The van der Waals surface area contributed by atoms with Crippen LogP contribution in [0.5, 0.6) is 0 Å². The van der Waals surface area contributed by atoms with Gasteiger partial charge in [0.05, 0.1) is 6.10 Å². The van der Waals surface area contributed by atoms with Crippen molar-refractivity contribution >= 4 is 5.91 Å². The van der Waals surface area contributed by atoms with Gasteiger partial charge in [-0.15, -0.1) is 0 Å². The van der Waals surface area contributed by atoms with Crippen molar-refractivity contribution in [3.8, 4) is 0 Å². The third-order valence-corrected chi connectivity index (χ3v) is 4.15. The second-order valence-corrected chi connectivity index (χ2v) is 6.14. The van der Waals surface area contributed by atoms with E-state index in [1.54, 1.807) is 18.2 Å². The molecule has 2 atom stereocenters. The molecule has 0 spiro atoms. The number of rotatable bonds is 8. The molecule has 0 bridgehead atoms. The highest BCUT2D eigenvalue weighted by Crippen LogP contribution is 2.18. The number of amides is 1. The van der Waals surface area contributed by atoms with Gasteiger partial charge in [-0.3, -0.25) is 4.79 Å². The fourth-order valence-electron chi connectivity index (χ4n) is 2.62. The first-order valence-electron chi connectivity index (χ1n) is 8.46. The summed E-state index contributed by atoms with van der Waals surface area (Å²) in [5.74, 6) is -0.421. The van der Waals surface area contributed by atoms with Crippen molar-refractivity contribution in [1.82, 2.24) is 10.6 Å². The molecule has 0 aliphatic heterocycles. The predicted octanol–water partition coefficient (Wildman–Crippen LogP) is 2.89. The van der Waals surface area contributed by atoms with Gasteiger partial charge in [-0.25, -0.2) is 4.39 Å². The maximum atomic E-state index is 13.7. The first-order chi connectivity index (χ1) is 12.0. The maximum Gasteiger partial charge on any atom is 0.216 e. The number of carbonyl (C=O) groups is 1. The quantitative estimate of drug-likeness (QED) is 0.690. The zero-order valence-electron chi connectivity index (χ0n) is 14.6. The molecule has 1 amide bonds. The van der Waals surface area contributed by atoms with Gasteiger partial charge in [-0.2, -0.15) is 0 Å². The number of hydrogen-bond acceptors (Lipinski definition) is 3. The lowest BCUT2D eigenvalue weighted by Gasteiger charge is -2.18. The number of hydrogen-bond donors (Lipinski definition) is 3. The van der Waals surface area contributed by atoms with E-state index >= 15 is 0 Å². The predicted molar refractivity (Wildman–Crippen MR) is 96.6 cm³/mol. The van der Waals surface area contributed by atoms with Gasteiger partial charge in [0, 0.05) is 31.6 Å². The summed E-state index contributed by atoms with van der Waals surface area (Å²) in [5.41, 5.74) is 2.54. The molecule has 0 heterocycles. The van der Waals surface area contributed by atoms with Crippen molar-refractivity contribution in [2.75, 3.05) is 13.1 Å². The van der Waals surface area contributed by atoms with Crippen LogP contribution in [0.1, 0.15) is 42.7 Å². The van der Waals surface area contributed by atoms with Gasteiger partial charge in [0.1, 0.15) is 5.82 Å². The Morgan fingerprint density at radius 2 is 1.84 bits per heavy atom. The molecular weight excluding hydrogens is 319 g/mol. The molecular formula is C20H25FN2O2. The van der Waals surface area contributed by atoms with Crippen LogP contribution in [0.2, 0.25) is 0 Å². The summed E-state index contributed by atoms with van der Waals surface area (Å²) < 4.78 is 13.7. The number of benzene rings is 2. The van der Waals surface area contributed by atoms with Crippen LogP contribution in [-0.4, -0.2) is 24.1 Å². The van der Waals surface area contributed by atoms with Crippen LogP contribution in [-0.2, 0) is 11.2 Å². The van der Waals surface area contributed by atoms with E-state index in [1.807, 2.05) is 31.2 Å². The van der Waals surface area contributed by atoms with Crippen molar-refractivity contribution in [1.29, 1.82) is 0 Å². The molecule has 3 N–H and O–H groups in total. The van der Waals surface area contributed by atoms with Crippen LogP contribution in [0.3, 0.4) is 0 Å². The molecule has 2 rings (SSSR count). The molecule has 0 aromatic heterocycles. The molecule has 0 aliphatic carbocycles. The van der Waals surface area contributed by atoms with E-state index in [0.29, 0.717) is 12.1 Å². The van der Waals surface area contributed by atoms with E-state index in [0.717, 1.165) is 17.5 Å². The van der Waals surface area contributed by atoms with Crippen molar-refractivity contribution in [3.63, 3.8) is 0 Å². The Morgan fingerprint density at radius 3 is 2.48 bits per heavy atom. The van der Waals surface area contributed by atoms with Gasteiger partial charge in [-0.05, 0) is 30.5 Å². The normalized spacial score (nSPS) is 13.3. The smallest absolute Gasteiger partial charge is 0.216 e. The highest BCUT2D eigenvalue weighted by Gasteiger charge is 2.13. The summed E-state index contributed by atoms with van der Waals surface area (Å²) in [4.78, 5) is 10.9. The second kappa shape index (κ2) is 9.30. The Balaban J connectivity index is 1.85. The maximum absolute atomic E-state index is 13.7. The number of nitrogens with one attached hydrogen (secondary N) is 2. The minimum atomic E-state index is -0.888. The van der Waals surface area contributed by atoms with Crippen LogP contribution in [0.15, 0.2) is 48.5 Å². The zero-order valence-corrected chi connectivity index (χ0v) is 14.6. The fraction of sp³-hybridized carbons (Fsp3) is 0.350. The van der Waals surface area contributed by atoms with Gasteiger partial charge in [0.25, 0.3) is 0 Å². The first-order valence-corrected chi connectivity index (χ1v) is 8.46. The minimum Gasteiger partial charge on any atom is -0.387 e. The summed E-state index contributed by atoms with van der Waals surface area (Å²) >= 11 is 0. The van der Waals surface area contributed by atoms with Gasteiger partial charge in [0.15, 0.2) is 0 Å². The lowest BCUT2D eigenvalue weighted by atomic mass is 10.0. The second-order valence-electron chi connectivity index (χ2n) is 6.14. The van der Waals surface area contributed by atoms with Crippen molar-refractivity contribution < 1.29 is 14.3 Å². The van der Waals surface area contributed by atoms with Gasteiger partial charge in [0.2, 0.25) is 5.91 Å². The molecule has 25 heavy (non-hydrogen) atoms. The number of halogens is 1. The zero-order chi connectivity index (χ0) is 18.2. The third-order valence-electron chi connectivity index (χ3n) is 4.15. The number of aliphatic hydroxyl groups is 1. The standard InChI is InChI=1S/C20H25FN2O2/c1-14(23-13-20(25)18-5-3-4-6-19(18)21)17-9-7-16(8-10-17)11-12-22-15(2)24/h3-10,14,20,23,25H,11-13H2,1-2H3,(H,22,24). The van der Waals surface area contributed by atoms with Gasteiger partial charge in [-0.1, -0.05) is 42.5 Å². The lowest BCUT2D eigenvalue weighted by molar-refractivity contribution is -0.118. The van der Waals surface area contributed by atoms with Crippen LogP contribution >= 0.6 is 0 Å². The van der Waals surface area contributed by atoms with E-state index in [1.165, 1.54) is 13.0 Å². The Kier molecular flexibility index (Phi) is 7.10. The van der Waals surface area contributed by atoms with Crippen molar-refractivity contribution in [2.45, 2.75) is 32.4 Å². The Bertz CT molecular complexity index is 688. The molecule has 2 aromatic rings. The van der Waals surface area contributed by atoms with E-state index in [9.17, 15) is 14.3 Å². The average Bonchev–Trinajstić information content (AvgIpc) is 2.60. The molecule has 2 unspecified atom stereocenters. The molecule has 5 heteroatoms. The SMILES string of the molecule is CC(=O)NCCc1ccc(C(C)NCC(O)c2ccccc2F)cc1. The average molecular weight is 344 g/mol. The van der Waals surface area contributed by atoms with E-state index in [-0.39, 0.29) is 18.5 Å². The largest absolute Gasteiger partial charge is 0.387 e. The van der Waals surface area contributed by atoms with E-state index < -0.39 is 11.9 Å². The van der Waals surface area contributed by atoms with Crippen LogP contribution < -0.4 is 10.6 Å². The fourth-order valence-corrected chi connectivity index (χ4v) is 2.62. The van der Waals surface area contributed by atoms with Gasteiger partial charge >= 0.3 is 0 Å². The Hall–Kier alpha value is -2.24. The molecule has 0 fully saturated rings. The molecule has 0 radical (unpaired) electrons. The van der Waals surface area contributed by atoms with Gasteiger partial charge < -0.3 is 15.7 Å². The highest BCUT2D eigenvalue weighted by molar-refractivity contribution is 5.72. The molecule has 2 aromatic carbocycles.